The first-order chi connectivity index (χ1) is 7.15. The predicted molar refractivity (Wildman–Crippen MR) is 55.8 cm³/mol. The molecule has 4 nitrogen and oxygen atoms in total. The van der Waals surface area contributed by atoms with Crippen molar-refractivity contribution in [3.05, 3.63) is 23.6 Å². The SMILES string of the molecule is CCCCNC(=O)c1cc(F)cnc1N. The quantitative estimate of drug-likeness (QED) is 0.738. The molecular weight excluding hydrogens is 197 g/mol. The van der Waals surface area contributed by atoms with Gasteiger partial charge in [0.25, 0.3) is 5.91 Å². The van der Waals surface area contributed by atoms with Crippen LogP contribution >= 0.6 is 0 Å². The lowest BCUT2D eigenvalue weighted by Gasteiger charge is -2.05. The Morgan fingerprint density at radius 3 is 3.07 bits per heavy atom. The third-order valence-corrected chi connectivity index (χ3v) is 1.95. The molecule has 15 heavy (non-hydrogen) atoms. The number of unbranched alkanes of at least 4 members (excludes halogenated alkanes) is 1. The molecule has 0 bridgehead atoms. The molecule has 1 heterocycles. The molecule has 1 aromatic rings. The Morgan fingerprint density at radius 2 is 2.40 bits per heavy atom. The number of pyridine rings is 1. The summed E-state index contributed by atoms with van der Waals surface area (Å²) in [5.41, 5.74) is 5.54. The summed E-state index contributed by atoms with van der Waals surface area (Å²) < 4.78 is 12.8. The molecule has 0 saturated carbocycles. The van der Waals surface area contributed by atoms with Gasteiger partial charge in [-0.2, -0.15) is 0 Å². The number of aromatic nitrogens is 1. The van der Waals surface area contributed by atoms with Crippen LogP contribution in [0.15, 0.2) is 12.3 Å². The summed E-state index contributed by atoms with van der Waals surface area (Å²) in [6.07, 6.45) is 2.85. The van der Waals surface area contributed by atoms with Crippen LogP contribution in [0.4, 0.5) is 10.2 Å². The summed E-state index contributed by atoms with van der Waals surface area (Å²) in [6.45, 7) is 2.58. The van der Waals surface area contributed by atoms with Gasteiger partial charge in [-0.05, 0) is 12.5 Å². The topological polar surface area (TPSA) is 68.0 Å². The van der Waals surface area contributed by atoms with Crippen LogP contribution < -0.4 is 11.1 Å². The highest BCUT2D eigenvalue weighted by atomic mass is 19.1. The summed E-state index contributed by atoms with van der Waals surface area (Å²) in [5.74, 6) is -0.900. The largest absolute Gasteiger partial charge is 0.383 e. The van der Waals surface area contributed by atoms with Crippen LogP contribution in [0.1, 0.15) is 30.1 Å². The van der Waals surface area contributed by atoms with Gasteiger partial charge in [-0.25, -0.2) is 9.37 Å². The Kier molecular flexibility index (Phi) is 4.03. The first kappa shape index (κ1) is 11.4. The molecule has 0 aliphatic heterocycles. The lowest BCUT2D eigenvalue weighted by atomic mass is 10.2. The van der Waals surface area contributed by atoms with Gasteiger partial charge in [0.15, 0.2) is 0 Å². The molecule has 0 aromatic carbocycles. The number of nitrogens with zero attached hydrogens (tertiary/aromatic N) is 1. The van der Waals surface area contributed by atoms with Gasteiger partial charge in [0.05, 0.1) is 11.8 Å². The number of anilines is 1. The van der Waals surface area contributed by atoms with Crippen LogP contribution in [-0.4, -0.2) is 17.4 Å². The highest BCUT2D eigenvalue weighted by Crippen LogP contribution is 2.09. The Bertz CT molecular complexity index is 355. The fourth-order valence-electron chi connectivity index (χ4n) is 1.11. The second-order valence-corrected chi connectivity index (χ2v) is 3.20. The smallest absolute Gasteiger partial charge is 0.255 e. The van der Waals surface area contributed by atoms with Crippen molar-refractivity contribution in [1.82, 2.24) is 10.3 Å². The maximum absolute atomic E-state index is 12.8. The van der Waals surface area contributed by atoms with Gasteiger partial charge in [-0.1, -0.05) is 13.3 Å². The van der Waals surface area contributed by atoms with Gasteiger partial charge in [-0.3, -0.25) is 4.79 Å². The van der Waals surface area contributed by atoms with Gasteiger partial charge in [0.2, 0.25) is 0 Å². The minimum absolute atomic E-state index is 0.0467. The zero-order valence-corrected chi connectivity index (χ0v) is 8.59. The van der Waals surface area contributed by atoms with Gasteiger partial charge in [0, 0.05) is 6.54 Å². The van der Waals surface area contributed by atoms with Crippen molar-refractivity contribution in [1.29, 1.82) is 0 Å². The number of carbonyl (C=O) groups excluding carboxylic acids is 1. The lowest BCUT2D eigenvalue weighted by Crippen LogP contribution is -2.25. The van der Waals surface area contributed by atoms with E-state index in [0.29, 0.717) is 6.54 Å². The van der Waals surface area contributed by atoms with Crippen LogP contribution in [0, 0.1) is 5.82 Å². The van der Waals surface area contributed by atoms with Crippen LogP contribution in [0.5, 0.6) is 0 Å². The van der Waals surface area contributed by atoms with E-state index in [1.165, 1.54) is 0 Å². The number of amides is 1. The van der Waals surface area contributed by atoms with Crippen molar-refractivity contribution >= 4 is 11.7 Å². The molecule has 0 unspecified atom stereocenters. The minimum atomic E-state index is -0.565. The summed E-state index contributed by atoms with van der Waals surface area (Å²) in [4.78, 5) is 15.1. The number of carbonyl (C=O) groups is 1. The third kappa shape index (κ3) is 3.19. The normalized spacial score (nSPS) is 10.0. The first-order valence-corrected chi connectivity index (χ1v) is 4.84. The first-order valence-electron chi connectivity index (χ1n) is 4.84. The van der Waals surface area contributed by atoms with Crippen molar-refractivity contribution < 1.29 is 9.18 Å². The Balaban J connectivity index is 2.68. The van der Waals surface area contributed by atoms with Crippen molar-refractivity contribution in [2.45, 2.75) is 19.8 Å². The highest BCUT2D eigenvalue weighted by Gasteiger charge is 2.10. The average molecular weight is 211 g/mol. The predicted octanol–water partition coefficient (Wildman–Crippen LogP) is 1.33. The summed E-state index contributed by atoms with van der Waals surface area (Å²) in [7, 11) is 0. The van der Waals surface area contributed by atoms with Gasteiger partial charge in [-0.15, -0.1) is 0 Å². The maximum atomic E-state index is 12.8. The van der Waals surface area contributed by atoms with E-state index in [1.54, 1.807) is 0 Å². The van der Waals surface area contributed by atoms with E-state index in [4.69, 9.17) is 5.73 Å². The molecule has 1 rings (SSSR count). The minimum Gasteiger partial charge on any atom is -0.383 e. The van der Waals surface area contributed by atoms with Crippen LogP contribution in [0.25, 0.3) is 0 Å². The zero-order chi connectivity index (χ0) is 11.3. The van der Waals surface area contributed by atoms with E-state index in [0.717, 1.165) is 25.1 Å². The third-order valence-electron chi connectivity index (χ3n) is 1.95. The van der Waals surface area contributed by atoms with E-state index in [1.807, 2.05) is 6.92 Å². The molecule has 5 heteroatoms. The summed E-state index contributed by atoms with van der Waals surface area (Å²) in [5, 5.41) is 2.64. The van der Waals surface area contributed by atoms with Crippen LogP contribution in [-0.2, 0) is 0 Å². The fraction of sp³-hybridized carbons (Fsp3) is 0.400. The number of halogens is 1. The zero-order valence-electron chi connectivity index (χ0n) is 8.59. The molecule has 3 N–H and O–H groups in total. The maximum Gasteiger partial charge on any atom is 0.255 e. The molecule has 1 amide bonds. The van der Waals surface area contributed by atoms with E-state index in [9.17, 15) is 9.18 Å². The molecule has 1 aromatic heterocycles. The van der Waals surface area contributed by atoms with Crippen molar-refractivity contribution in [3.8, 4) is 0 Å². The molecule has 82 valence electrons. The number of hydrogen-bond acceptors (Lipinski definition) is 3. The molecule has 0 saturated heterocycles. The van der Waals surface area contributed by atoms with Crippen molar-refractivity contribution in [3.63, 3.8) is 0 Å². The second kappa shape index (κ2) is 5.29. The van der Waals surface area contributed by atoms with Gasteiger partial charge in [0.1, 0.15) is 11.6 Å². The van der Waals surface area contributed by atoms with E-state index < -0.39 is 5.82 Å². The molecule has 0 atom stereocenters. The average Bonchev–Trinajstić information content (AvgIpc) is 2.22. The monoisotopic (exact) mass is 211 g/mol. The Hall–Kier alpha value is -1.65. The van der Waals surface area contributed by atoms with Crippen LogP contribution in [0.3, 0.4) is 0 Å². The van der Waals surface area contributed by atoms with Crippen molar-refractivity contribution in [2.75, 3.05) is 12.3 Å². The number of rotatable bonds is 4. The molecule has 0 spiro atoms. The molecule has 0 aliphatic carbocycles. The van der Waals surface area contributed by atoms with Gasteiger partial charge >= 0.3 is 0 Å². The summed E-state index contributed by atoms with van der Waals surface area (Å²) >= 11 is 0. The van der Waals surface area contributed by atoms with Crippen LogP contribution in [0.2, 0.25) is 0 Å². The number of nitrogens with two attached hydrogens (primary N) is 1. The molecular formula is C10H14FN3O. The molecule has 0 aliphatic rings. The molecule has 0 fully saturated rings. The summed E-state index contributed by atoms with van der Waals surface area (Å²) in [6, 6.07) is 1.09. The van der Waals surface area contributed by atoms with E-state index >= 15 is 0 Å². The van der Waals surface area contributed by atoms with E-state index in [2.05, 4.69) is 10.3 Å². The Labute approximate surface area is 87.7 Å². The second-order valence-electron chi connectivity index (χ2n) is 3.20. The van der Waals surface area contributed by atoms with Crippen molar-refractivity contribution in [2.24, 2.45) is 0 Å². The number of hydrogen-bond donors (Lipinski definition) is 2. The Morgan fingerprint density at radius 1 is 1.67 bits per heavy atom. The number of nitrogens with one attached hydrogen (secondary N) is 1. The van der Waals surface area contributed by atoms with E-state index in [-0.39, 0.29) is 17.3 Å². The van der Waals surface area contributed by atoms with Gasteiger partial charge < -0.3 is 11.1 Å². The lowest BCUT2D eigenvalue weighted by molar-refractivity contribution is 0.0953. The fourth-order valence-corrected chi connectivity index (χ4v) is 1.11. The number of nitrogen functional groups attached to an aromatic ring is 1. The molecule has 0 radical (unpaired) electrons. The standard InChI is InChI=1S/C10H14FN3O/c1-2-3-4-13-10(15)8-5-7(11)6-14-9(8)12/h5-6H,2-4H2,1H3,(H2,12,14)(H,13,15). The highest BCUT2D eigenvalue weighted by molar-refractivity contribution is 5.98.